The Morgan fingerprint density at radius 2 is 2.00 bits per heavy atom. The highest BCUT2D eigenvalue weighted by atomic mass is 16.6. The zero-order chi connectivity index (χ0) is 13.8. The van der Waals surface area contributed by atoms with Gasteiger partial charge in [-0.3, -0.25) is 10.1 Å². The number of para-hydroxylation sites is 1. The second kappa shape index (κ2) is 6.12. The predicted octanol–water partition coefficient (Wildman–Crippen LogP) is -0.713. The zero-order valence-corrected chi connectivity index (χ0v) is 11.7. The summed E-state index contributed by atoms with van der Waals surface area (Å²) in [5.41, 5.74) is 1.09. The van der Waals surface area contributed by atoms with Crippen molar-refractivity contribution in [2.75, 3.05) is 27.2 Å². The molecule has 5 nitrogen and oxygen atoms in total. The molecule has 1 saturated heterocycles. The maximum absolute atomic E-state index is 11.0. The first-order valence-corrected chi connectivity index (χ1v) is 6.94. The zero-order valence-electron chi connectivity index (χ0n) is 11.7. The minimum Gasteiger partial charge on any atom is -0.337 e. The van der Waals surface area contributed by atoms with Gasteiger partial charge in [0.15, 0.2) is 0 Å². The van der Waals surface area contributed by atoms with Crippen LogP contribution in [0.4, 0.5) is 5.69 Å². The Labute approximate surface area is 114 Å². The van der Waals surface area contributed by atoms with Gasteiger partial charge in [0.1, 0.15) is 6.54 Å². The molecular weight excluding hydrogens is 242 g/mol. The van der Waals surface area contributed by atoms with Crippen LogP contribution in [0.15, 0.2) is 24.3 Å². The van der Waals surface area contributed by atoms with Crippen LogP contribution in [0.2, 0.25) is 0 Å². The average Bonchev–Trinajstić information content (AvgIpc) is 2.39. The number of hydrogen-bond donors (Lipinski definition) is 2. The SMILES string of the molecule is C[NH+]1CCC([NH+](C)Cc2ccccc2[N+](=O)[O-])CC1. The van der Waals surface area contributed by atoms with E-state index in [1.807, 2.05) is 12.1 Å². The first-order valence-electron chi connectivity index (χ1n) is 6.94. The van der Waals surface area contributed by atoms with Crippen molar-refractivity contribution in [3.63, 3.8) is 0 Å². The lowest BCUT2D eigenvalue weighted by molar-refractivity contribution is -0.948. The fourth-order valence-corrected chi connectivity index (χ4v) is 2.89. The quantitative estimate of drug-likeness (QED) is 0.558. The van der Waals surface area contributed by atoms with Crippen molar-refractivity contribution in [1.82, 2.24) is 0 Å². The monoisotopic (exact) mass is 265 g/mol. The summed E-state index contributed by atoms with van der Waals surface area (Å²) in [6, 6.07) is 7.72. The third kappa shape index (κ3) is 3.52. The van der Waals surface area contributed by atoms with E-state index in [2.05, 4.69) is 14.1 Å². The molecule has 0 spiro atoms. The van der Waals surface area contributed by atoms with E-state index >= 15 is 0 Å². The molecule has 1 aliphatic heterocycles. The van der Waals surface area contributed by atoms with E-state index in [4.69, 9.17) is 0 Å². The Hall–Kier alpha value is -1.46. The van der Waals surface area contributed by atoms with Gasteiger partial charge in [0.05, 0.1) is 43.7 Å². The Morgan fingerprint density at radius 1 is 1.37 bits per heavy atom. The molecule has 1 heterocycles. The van der Waals surface area contributed by atoms with Gasteiger partial charge in [0.25, 0.3) is 5.69 Å². The van der Waals surface area contributed by atoms with Crippen molar-refractivity contribution in [3.05, 3.63) is 39.9 Å². The van der Waals surface area contributed by atoms with Crippen LogP contribution in [0.3, 0.4) is 0 Å². The highest BCUT2D eigenvalue weighted by Gasteiger charge is 2.27. The molecule has 1 unspecified atom stereocenters. The number of rotatable bonds is 4. The van der Waals surface area contributed by atoms with Crippen molar-refractivity contribution in [2.24, 2.45) is 0 Å². The normalized spacial score (nSPS) is 24.9. The number of nitrogens with zero attached hydrogens (tertiary/aromatic N) is 1. The number of hydrogen-bond acceptors (Lipinski definition) is 2. The molecule has 1 aromatic rings. The molecule has 0 bridgehead atoms. The topological polar surface area (TPSA) is 52.0 Å². The van der Waals surface area contributed by atoms with Crippen LogP contribution in [-0.2, 0) is 6.54 Å². The molecule has 1 aliphatic rings. The summed E-state index contributed by atoms with van der Waals surface area (Å²) in [6.07, 6.45) is 2.41. The Kier molecular flexibility index (Phi) is 4.50. The Morgan fingerprint density at radius 3 is 2.63 bits per heavy atom. The molecule has 0 saturated carbocycles. The van der Waals surface area contributed by atoms with Crippen LogP contribution in [0.1, 0.15) is 18.4 Å². The van der Waals surface area contributed by atoms with Crippen LogP contribution < -0.4 is 9.80 Å². The van der Waals surface area contributed by atoms with E-state index < -0.39 is 0 Å². The minimum atomic E-state index is -0.276. The fourth-order valence-electron chi connectivity index (χ4n) is 2.89. The molecule has 1 aromatic carbocycles. The van der Waals surface area contributed by atoms with E-state index in [-0.39, 0.29) is 10.6 Å². The summed E-state index contributed by atoms with van der Waals surface area (Å²) in [5.74, 6) is 0. The van der Waals surface area contributed by atoms with Gasteiger partial charge in [-0.2, -0.15) is 0 Å². The van der Waals surface area contributed by atoms with E-state index in [1.54, 1.807) is 17.0 Å². The molecule has 1 atom stereocenters. The molecule has 0 amide bonds. The molecular formula is C14H23N3O2+2. The van der Waals surface area contributed by atoms with Crippen LogP contribution in [0.25, 0.3) is 0 Å². The van der Waals surface area contributed by atoms with Gasteiger partial charge in [0, 0.05) is 18.9 Å². The minimum absolute atomic E-state index is 0.250. The number of quaternary nitrogens is 2. The summed E-state index contributed by atoms with van der Waals surface area (Å²) in [6.45, 7) is 3.15. The van der Waals surface area contributed by atoms with Gasteiger partial charge in [0.2, 0.25) is 0 Å². The van der Waals surface area contributed by atoms with Crippen molar-refractivity contribution in [2.45, 2.75) is 25.4 Å². The first kappa shape index (κ1) is 14.0. The second-order valence-electron chi connectivity index (χ2n) is 5.64. The van der Waals surface area contributed by atoms with Crippen molar-refractivity contribution < 1.29 is 14.7 Å². The van der Waals surface area contributed by atoms with E-state index in [9.17, 15) is 10.1 Å². The van der Waals surface area contributed by atoms with Gasteiger partial charge in [-0.05, 0) is 6.07 Å². The lowest BCUT2D eigenvalue weighted by Gasteiger charge is -2.30. The lowest BCUT2D eigenvalue weighted by atomic mass is 10.0. The molecule has 1 fully saturated rings. The van der Waals surface area contributed by atoms with Gasteiger partial charge in [-0.1, -0.05) is 12.1 Å². The van der Waals surface area contributed by atoms with Crippen LogP contribution >= 0.6 is 0 Å². The van der Waals surface area contributed by atoms with Crippen molar-refractivity contribution >= 4 is 5.69 Å². The molecule has 0 radical (unpaired) electrons. The summed E-state index contributed by atoms with van der Waals surface area (Å²) >= 11 is 0. The highest BCUT2D eigenvalue weighted by molar-refractivity contribution is 5.39. The molecule has 0 aromatic heterocycles. The predicted molar refractivity (Wildman–Crippen MR) is 73.3 cm³/mol. The summed E-state index contributed by atoms with van der Waals surface area (Å²) in [7, 11) is 4.38. The van der Waals surface area contributed by atoms with Gasteiger partial charge in [-0.15, -0.1) is 0 Å². The molecule has 0 aliphatic carbocycles. The number of likely N-dealkylation sites (tertiary alicyclic amines) is 1. The molecule has 19 heavy (non-hydrogen) atoms. The van der Waals surface area contributed by atoms with Crippen molar-refractivity contribution in [3.8, 4) is 0 Å². The van der Waals surface area contributed by atoms with E-state index in [0.717, 1.165) is 12.1 Å². The third-order valence-corrected chi connectivity index (χ3v) is 4.19. The van der Waals surface area contributed by atoms with Crippen LogP contribution in [0, 0.1) is 10.1 Å². The van der Waals surface area contributed by atoms with Crippen LogP contribution in [0.5, 0.6) is 0 Å². The van der Waals surface area contributed by atoms with Crippen molar-refractivity contribution in [1.29, 1.82) is 0 Å². The van der Waals surface area contributed by atoms with E-state index in [1.165, 1.54) is 30.8 Å². The summed E-state index contributed by atoms with van der Waals surface area (Å²) in [5, 5.41) is 11.0. The summed E-state index contributed by atoms with van der Waals surface area (Å²) in [4.78, 5) is 13.7. The molecule has 104 valence electrons. The van der Waals surface area contributed by atoms with Gasteiger partial charge >= 0.3 is 0 Å². The third-order valence-electron chi connectivity index (χ3n) is 4.19. The van der Waals surface area contributed by atoms with Crippen LogP contribution in [-0.4, -0.2) is 38.2 Å². The number of piperidine rings is 1. The Balaban J connectivity index is 2.02. The maximum Gasteiger partial charge on any atom is 0.278 e. The number of nitro benzene ring substituents is 1. The standard InChI is InChI=1S/C14H21N3O2/c1-15-9-7-13(8-10-15)16(2)11-12-5-3-4-6-14(12)17(18)19/h3-6,13H,7-11H2,1-2H3/p+2. The van der Waals surface area contributed by atoms with E-state index in [0.29, 0.717) is 6.04 Å². The Bertz CT molecular complexity index is 442. The molecule has 2 rings (SSSR count). The first-order chi connectivity index (χ1) is 9.08. The largest absolute Gasteiger partial charge is 0.337 e. The van der Waals surface area contributed by atoms with Gasteiger partial charge < -0.3 is 9.80 Å². The van der Waals surface area contributed by atoms with Gasteiger partial charge in [-0.25, -0.2) is 0 Å². The highest BCUT2D eigenvalue weighted by Crippen LogP contribution is 2.16. The average molecular weight is 265 g/mol. The fraction of sp³-hybridized carbons (Fsp3) is 0.571. The smallest absolute Gasteiger partial charge is 0.278 e. The second-order valence-corrected chi connectivity index (χ2v) is 5.64. The molecule has 5 heteroatoms. The number of nitro groups is 1. The maximum atomic E-state index is 11.0. The molecule has 2 N–H and O–H groups in total. The number of benzene rings is 1. The summed E-state index contributed by atoms with van der Waals surface area (Å²) < 4.78 is 0. The lowest BCUT2D eigenvalue weighted by Crippen LogP contribution is -3.17. The number of nitrogens with one attached hydrogen (secondary N) is 2.